The molecule has 0 N–H and O–H groups in total. The lowest BCUT2D eigenvalue weighted by molar-refractivity contribution is -0.113. The zero-order valence-corrected chi connectivity index (χ0v) is 10.3. The Balaban J connectivity index is 2.79. The molecule has 0 aromatic heterocycles. The molecule has 0 unspecified atom stereocenters. The minimum absolute atomic E-state index is 0.138. The zero-order chi connectivity index (χ0) is 13.3. The molecule has 18 heavy (non-hydrogen) atoms. The molecule has 0 bridgehead atoms. The van der Waals surface area contributed by atoms with Gasteiger partial charge in [0.15, 0.2) is 0 Å². The maximum Gasteiger partial charge on any atom is 0.261 e. The molecule has 0 saturated carbocycles. The van der Waals surface area contributed by atoms with Gasteiger partial charge >= 0.3 is 0 Å². The molecule has 1 aromatic rings. The summed E-state index contributed by atoms with van der Waals surface area (Å²) in [7, 11) is 0. The summed E-state index contributed by atoms with van der Waals surface area (Å²) in [5.74, 6) is -0.326. The zero-order valence-electron chi connectivity index (χ0n) is 9.57. The molecule has 5 heteroatoms. The van der Waals surface area contributed by atoms with Crippen LogP contribution in [0, 0.1) is 22.7 Å². The number of likely N-dealkylation sites (N-methyl/N-ethyl adjacent to an activating group) is 1. The first-order valence-electron chi connectivity index (χ1n) is 5.30. The van der Waals surface area contributed by atoms with Gasteiger partial charge in [0, 0.05) is 17.1 Å². The normalized spacial score (nSPS) is 13.0. The third kappa shape index (κ3) is 1.64. The van der Waals surface area contributed by atoms with E-state index in [0.29, 0.717) is 22.8 Å². The first-order valence-corrected chi connectivity index (χ1v) is 5.68. The lowest BCUT2D eigenvalue weighted by Gasteiger charge is -2.13. The Kier molecular flexibility index (Phi) is 3.06. The van der Waals surface area contributed by atoms with Crippen molar-refractivity contribution in [2.24, 2.45) is 0 Å². The molecular formula is C13H8ClN3O. The average molecular weight is 258 g/mol. The molecule has 0 aliphatic carbocycles. The van der Waals surface area contributed by atoms with Crippen molar-refractivity contribution in [1.82, 2.24) is 0 Å². The van der Waals surface area contributed by atoms with E-state index in [1.807, 2.05) is 6.92 Å². The lowest BCUT2D eigenvalue weighted by Crippen LogP contribution is -2.25. The summed E-state index contributed by atoms with van der Waals surface area (Å²) >= 11 is 5.90. The number of rotatable bonds is 1. The molecule has 0 spiro atoms. The van der Waals surface area contributed by atoms with E-state index in [2.05, 4.69) is 0 Å². The van der Waals surface area contributed by atoms with Crippen LogP contribution in [0.15, 0.2) is 23.8 Å². The largest absolute Gasteiger partial charge is 0.308 e. The molecule has 2 rings (SSSR count). The van der Waals surface area contributed by atoms with Gasteiger partial charge in [0.2, 0.25) is 0 Å². The summed E-state index contributed by atoms with van der Waals surface area (Å²) in [6, 6.07) is 8.52. The monoisotopic (exact) mass is 257 g/mol. The minimum Gasteiger partial charge on any atom is -0.308 e. The summed E-state index contributed by atoms with van der Waals surface area (Å²) in [6.07, 6.45) is 0. The first-order chi connectivity index (χ1) is 8.63. The van der Waals surface area contributed by atoms with E-state index < -0.39 is 0 Å². The number of nitrogens with zero attached hydrogens (tertiary/aromatic N) is 3. The molecule has 1 aliphatic rings. The number of carbonyl (C=O) groups is 1. The fourth-order valence-corrected chi connectivity index (χ4v) is 2.17. The molecule has 1 amide bonds. The van der Waals surface area contributed by atoms with Crippen molar-refractivity contribution < 1.29 is 4.79 Å². The summed E-state index contributed by atoms with van der Waals surface area (Å²) in [4.78, 5) is 13.7. The van der Waals surface area contributed by atoms with E-state index in [1.165, 1.54) is 4.90 Å². The van der Waals surface area contributed by atoms with Crippen LogP contribution in [0.5, 0.6) is 0 Å². The molecule has 1 heterocycles. The third-order valence-electron chi connectivity index (χ3n) is 2.77. The number of anilines is 1. The molecule has 1 aromatic carbocycles. The summed E-state index contributed by atoms with van der Waals surface area (Å²) in [5, 5.41) is 18.3. The summed E-state index contributed by atoms with van der Waals surface area (Å²) < 4.78 is 0. The number of hydrogen-bond donors (Lipinski definition) is 0. The lowest BCUT2D eigenvalue weighted by atomic mass is 10.0. The van der Waals surface area contributed by atoms with Crippen LogP contribution in [0.4, 0.5) is 5.69 Å². The van der Waals surface area contributed by atoms with E-state index in [0.717, 1.165) is 0 Å². The second-order valence-corrected chi connectivity index (χ2v) is 4.12. The fourth-order valence-electron chi connectivity index (χ4n) is 2.00. The average Bonchev–Trinajstić information content (AvgIpc) is 2.63. The van der Waals surface area contributed by atoms with Crippen LogP contribution in [-0.4, -0.2) is 12.5 Å². The topological polar surface area (TPSA) is 67.9 Å². The van der Waals surface area contributed by atoms with Crippen LogP contribution >= 0.6 is 11.6 Å². The van der Waals surface area contributed by atoms with Crippen LogP contribution < -0.4 is 4.90 Å². The number of halogens is 1. The highest BCUT2D eigenvalue weighted by Gasteiger charge is 2.34. The number of benzene rings is 1. The third-order valence-corrected chi connectivity index (χ3v) is 3.00. The summed E-state index contributed by atoms with van der Waals surface area (Å²) in [5.41, 5.74) is 1.19. The Morgan fingerprint density at radius 2 is 2.06 bits per heavy atom. The Morgan fingerprint density at radius 1 is 1.39 bits per heavy atom. The second-order valence-electron chi connectivity index (χ2n) is 3.68. The highest BCUT2D eigenvalue weighted by molar-refractivity contribution is 6.36. The van der Waals surface area contributed by atoms with Gasteiger partial charge in [-0.25, -0.2) is 0 Å². The minimum atomic E-state index is -0.326. The van der Waals surface area contributed by atoms with Crippen molar-refractivity contribution in [2.45, 2.75) is 6.92 Å². The van der Waals surface area contributed by atoms with Gasteiger partial charge in [-0.05, 0) is 25.1 Å². The predicted octanol–water partition coefficient (Wildman–Crippen LogP) is 2.51. The fraction of sp³-hybridized carbons (Fsp3) is 0.154. The van der Waals surface area contributed by atoms with E-state index in [9.17, 15) is 4.79 Å². The number of hydrogen-bond acceptors (Lipinski definition) is 3. The molecule has 0 fully saturated rings. The molecular weight excluding hydrogens is 250 g/mol. The van der Waals surface area contributed by atoms with Crippen molar-refractivity contribution in [3.05, 3.63) is 34.4 Å². The van der Waals surface area contributed by atoms with E-state index in [4.69, 9.17) is 22.1 Å². The Morgan fingerprint density at radius 3 is 2.61 bits per heavy atom. The van der Waals surface area contributed by atoms with Gasteiger partial charge in [-0.15, -0.1) is 0 Å². The van der Waals surface area contributed by atoms with Gasteiger partial charge < -0.3 is 4.90 Å². The number of amides is 1. The standard InChI is InChI=1S/C13H8ClN3O/c1-2-17-11-4-3-9(14)5-10(11)12(13(17)18)8(6-15)7-16/h3-5H,2H2,1H3. The van der Waals surface area contributed by atoms with E-state index in [1.54, 1.807) is 30.3 Å². The van der Waals surface area contributed by atoms with Crippen LogP contribution in [0.25, 0.3) is 5.57 Å². The Hall–Kier alpha value is -2.30. The SMILES string of the molecule is CCN1C(=O)C(=C(C#N)C#N)c2cc(Cl)ccc21. The molecule has 0 radical (unpaired) electrons. The quantitative estimate of drug-likeness (QED) is 0.573. The molecule has 88 valence electrons. The van der Waals surface area contributed by atoms with Gasteiger partial charge in [-0.2, -0.15) is 10.5 Å². The Bertz CT molecular complexity index is 633. The predicted molar refractivity (Wildman–Crippen MR) is 67.6 cm³/mol. The number of carbonyl (C=O) groups excluding carboxylic acids is 1. The highest BCUT2D eigenvalue weighted by Crippen LogP contribution is 2.39. The van der Waals surface area contributed by atoms with Gasteiger partial charge in [0.1, 0.15) is 17.7 Å². The maximum absolute atomic E-state index is 12.2. The Labute approximate surface area is 109 Å². The molecule has 0 saturated heterocycles. The number of fused-ring (bicyclic) bond motifs is 1. The second kappa shape index (κ2) is 4.52. The van der Waals surface area contributed by atoms with E-state index in [-0.39, 0.29) is 17.1 Å². The van der Waals surface area contributed by atoms with Crippen molar-refractivity contribution in [3.8, 4) is 12.1 Å². The van der Waals surface area contributed by atoms with Gasteiger partial charge in [0.25, 0.3) is 5.91 Å². The van der Waals surface area contributed by atoms with Crippen LogP contribution in [0.1, 0.15) is 12.5 Å². The smallest absolute Gasteiger partial charge is 0.261 e. The van der Waals surface area contributed by atoms with Crippen molar-refractivity contribution in [3.63, 3.8) is 0 Å². The van der Waals surface area contributed by atoms with Gasteiger partial charge in [-0.1, -0.05) is 11.6 Å². The maximum atomic E-state index is 12.2. The summed E-state index contributed by atoms with van der Waals surface area (Å²) in [6.45, 7) is 2.30. The number of allylic oxidation sites excluding steroid dienone is 1. The molecule has 0 atom stereocenters. The van der Waals surface area contributed by atoms with Crippen LogP contribution in [-0.2, 0) is 4.79 Å². The van der Waals surface area contributed by atoms with E-state index >= 15 is 0 Å². The highest BCUT2D eigenvalue weighted by atomic mass is 35.5. The molecule has 1 aliphatic heterocycles. The number of nitriles is 2. The first kappa shape index (κ1) is 12.2. The van der Waals surface area contributed by atoms with Crippen LogP contribution in [0.3, 0.4) is 0 Å². The van der Waals surface area contributed by atoms with Crippen molar-refractivity contribution in [1.29, 1.82) is 10.5 Å². The van der Waals surface area contributed by atoms with Gasteiger partial charge in [-0.3, -0.25) is 4.79 Å². The van der Waals surface area contributed by atoms with Gasteiger partial charge in [0.05, 0.1) is 11.3 Å². The van der Waals surface area contributed by atoms with Crippen molar-refractivity contribution >= 4 is 28.8 Å². The van der Waals surface area contributed by atoms with Crippen LogP contribution in [0.2, 0.25) is 5.02 Å². The molecule has 4 nitrogen and oxygen atoms in total. The van der Waals surface area contributed by atoms with Crippen molar-refractivity contribution in [2.75, 3.05) is 11.4 Å².